The Hall–Kier alpha value is -3.58. The van der Waals surface area contributed by atoms with Gasteiger partial charge in [0.05, 0.1) is 16.5 Å². The molecule has 1 unspecified atom stereocenters. The van der Waals surface area contributed by atoms with Crippen molar-refractivity contribution < 1.29 is 23.8 Å². The molecule has 1 aliphatic heterocycles. The van der Waals surface area contributed by atoms with Crippen LogP contribution >= 0.6 is 22.6 Å². The average Bonchev–Trinajstić information content (AvgIpc) is 3.42. The zero-order chi connectivity index (χ0) is 25.2. The molecule has 3 heterocycles. The van der Waals surface area contributed by atoms with E-state index in [-0.39, 0.29) is 5.82 Å². The Morgan fingerprint density at radius 2 is 1.56 bits per heavy atom. The minimum Gasteiger partial charge on any atom is -0.452 e. The van der Waals surface area contributed by atoms with Crippen LogP contribution in [0.5, 0.6) is 0 Å². The van der Waals surface area contributed by atoms with Gasteiger partial charge in [-0.05, 0) is 53.3 Å². The van der Waals surface area contributed by atoms with Crippen LogP contribution in [-0.4, -0.2) is 50.0 Å². The lowest BCUT2D eigenvalue weighted by atomic mass is 10.1. The maximum atomic E-state index is 13.1. The fraction of sp³-hybridized carbons (Fsp3) is 0.240. The first-order valence-corrected chi connectivity index (χ1v) is 12.4. The summed E-state index contributed by atoms with van der Waals surface area (Å²) in [6.45, 7) is 1.90. The molecule has 36 heavy (non-hydrogen) atoms. The van der Waals surface area contributed by atoms with Crippen molar-refractivity contribution in [3.05, 3.63) is 81.8 Å². The Balaban J connectivity index is 1.55. The van der Waals surface area contributed by atoms with Crippen molar-refractivity contribution in [3.8, 4) is 0 Å². The Kier molecular flexibility index (Phi) is 6.83. The number of benzene rings is 2. The number of nitrogens with zero attached hydrogens (tertiary/aromatic N) is 4. The molecule has 4 aromatic rings. The van der Waals surface area contributed by atoms with Crippen molar-refractivity contribution >= 4 is 51.4 Å². The third kappa shape index (κ3) is 4.51. The second-order valence-corrected chi connectivity index (χ2v) is 9.16. The summed E-state index contributed by atoms with van der Waals surface area (Å²) in [6, 6.07) is 17.2. The number of ether oxygens (including phenoxy) is 3. The molecule has 10 nitrogen and oxygen atoms in total. The fourth-order valence-corrected chi connectivity index (χ4v) is 4.91. The summed E-state index contributed by atoms with van der Waals surface area (Å²) in [4.78, 5) is 34.5. The summed E-state index contributed by atoms with van der Waals surface area (Å²) in [6.07, 6.45) is -1.56. The monoisotopic (exact) mass is 599 g/mol. The number of nitrogen functional groups attached to an aromatic ring is 1. The summed E-state index contributed by atoms with van der Waals surface area (Å²) in [5, 5.41) is 5.13. The summed E-state index contributed by atoms with van der Waals surface area (Å²) >= 11 is 2.04. The number of fused-ring (bicyclic) bond motifs is 1. The minimum absolute atomic E-state index is 0.269. The van der Waals surface area contributed by atoms with Gasteiger partial charge in [-0.15, -0.1) is 0 Å². The highest BCUT2D eigenvalue weighted by atomic mass is 127. The molecule has 0 amide bonds. The van der Waals surface area contributed by atoms with E-state index in [0.717, 1.165) is 0 Å². The number of esters is 2. The molecule has 11 heteroatoms. The molecular weight excluding hydrogens is 577 g/mol. The molecule has 0 saturated carbocycles. The van der Waals surface area contributed by atoms with Crippen LogP contribution in [0.15, 0.2) is 67.0 Å². The highest BCUT2D eigenvalue weighted by Crippen LogP contribution is 2.38. The fourth-order valence-electron chi connectivity index (χ4n) is 4.16. The van der Waals surface area contributed by atoms with Gasteiger partial charge in [-0.2, -0.15) is 5.10 Å². The molecular formula is C25H22IN5O5. The molecule has 2 aromatic heterocycles. The number of rotatable bonds is 6. The van der Waals surface area contributed by atoms with E-state index in [4.69, 9.17) is 19.9 Å². The highest BCUT2D eigenvalue weighted by Gasteiger charge is 2.51. The van der Waals surface area contributed by atoms with E-state index in [0.29, 0.717) is 32.3 Å². The van der Waals surface area contributed by atoms with Gasteiger partial charge in [0.25, 0.3) is 0 Å². The number of anilines is 1. The summed E-state index contributed by atoms with van der Waals surface area (Å²) < 4.78 is 20.2. The predicted octanol–water partition coefficient (Wildman–Crippen LogP) is 3.77. The van der Waals surface area contributed by atoms with Crippen molar-refractivity contribution in [2.75, 3.05) is 5.73 Å². The number of halogens is 1. The maximum absolute atomic E-state index is 13.1. The minimum atomic E-state index is -1.01. The van der Waals surface area contributed by atoms with Crippen LogP contribution in [0.2, 0.25) is 0 Å². The smallest absolute Gasteiger partial charge is 0.338 e. The topological polar surface area (TPSA) is 131 Å². The van der Waals surface area contributed by atoms with Gasteiger partial charge in [-0.3, -0.25) is 0 Å². The first kappa shape index (κ1) is 24.1. The lowest BCUT2D eigenvalue weighted by Crippen LogP contribution is -2.39. The number of nitrogens with two attached hydrogens (primary N) is 1. The first-order valence-electron chi connectivity index (χ1n) is 11.3. The summed E-state index contributed by atoms with van der Waals surface area (Å²) in [5.41, 5.74) is 7.22. The SMILES string of the molecule is CC[C@H]1O[C@@H](n2nc(I)c3c(N)ncnc32)C(OC(=O)c2ccccc2)[C@@H]1OC(=O)c1ccccc1. The second kappa shape index (κ2) is 10.2. The number of carbonyl (C=O) groups excluding carboxylic acids is 2. The lowest BCUT2D eigenvalue weighted by molar-refractivity contribution is -0.0543. The van der Waals surface area contributed by atoms with E-state index < -0.39 is 36.5 Å². The molecule has 1 saturated heterocycles. The van der Waals surface area contributed by atoms with Gasteiger partial charge in [0.2, 0.25) is 0 Å². The van der Waals surface area contributed by atoms with Gasteiger partial charge in [0, 0.05) is 0 Å². The Bertz CT molecular complexity index is 1400. The van der Waals surface area contributed by atoms with Gasteiger partial charge < -0.3 is 19.9 Å². The van der Waals surface area contributed by atoms with Crippen LogP contribution in [0.3, 0.4) is 0 Å². The molecule has 2 N–H and O–H groups in total. The zero-order valence-electron chi connectivity index (χ0n) is 19.2. The molecule has 0 aliphatic carbocycles. The Morgan fingerprint density at radius 1 is 0.972 bits per heavy atom. The van der Waals surface area contributed by atoms with Gasteiger partial charge in [0.1, 0.15) is 21.9 Å². The Labute approximate surface area is 219 Å². The maximum Gasteiger partial charge on any atom is 0.338 e. The van der Waals surface area contributed by atoms with E-state index in [9.17, 15) is 9.59 Å². The number of hydrogen-bond acceptors (Lipinski definition) is 9. The average molecular weight is 599 g/mol. The normalized spacial score (nSPS) is 21.4. The van der Waals surface area contributed by atoms with E-state index in [1.165, 1.54) is 11.0 Å². The van der Waals surface area contributed by atoms with E-state index in [1.807, 2.05) is 35.6 Å². The summed E-state index contributed by atoms with van der Waals surface area (Å²) in [7, 11) is 0. The van der Waals surface area contributed by atoms with Crippen LogP contribution in [0.1, 0.15) is 40.3 Å². The molecule has 0 radical (unpaired) electrons. The van der Waals surface area contributed by atoms with Gasteiger partial charge in [0.15, 0.2) is 24.1 Å². The first-order chi connectivity index (χ1) is 17.5. The number of hydrogen-bond donors (Lipinski definition) is 1. The molecule has 1 aliphatic rings. The number of carbonyl (C=O) groups is 2. The van der Waals surface area contributed by atoms with E-state index >= 15 is 0 Å². The quantitative estimate of drug-likeness (QED) is 0.260. The highest BCUT2D eigenvalue weighted by molar-refractivity contribution is 14.1. The third-order valence-corrected chi connectivity index (χ3v) is 6.66. The molecule has 5 rings (SSSR count). The van der Waals surface area contributed by atoms with Crippen molar-refractivity contribution in [2.45, 2.75) is 37.9 Å². The van der Waals surface area contributed by atoms with Crippen molar-refractivity contribution in [1.29, 1.82) is 0 Å². The van der Waals surface area contributed by atoms with Crippen LogP contribution in [0.4, 0.5) is 5.82 Å². The van der Waals surface area contributed by atoms with E-state index in [2.05, 4.69) is 15.1 Å². The van der Waals surface area contributed by atoms with Gasteiger partial charge in [-0.1, -0.05) is 43.3 Å². The van der Waals surface area contributed by atoms with Crippen molar-refractivity contribution in [2.24, 2.45) is 0 Å². The lowest BCUT2D eigenvalue weighted by Gasteiger charge is -2.24. The second-order valence-electron chi connectivity index (χ2n) is 8.14. The molecule has 2 aromatic carbocycles. The van der Waals surface area contributed by atoms with Crippen LogP contribution in [0.25, 0.3) is 11.0 Å². The van der Waals surface area contributed by atoms with Gasteiger partial charge in [-0.25, -0.2) is 24.2 Å². The zero-order valence-corrected chi connectivity index (χ0v) is 21.3. The standard InChI is InChI=1S/C25H22IN5O5/c1-2-16-18(35-24(32)14-9-5-3-6-10-14)19(36-25(33)15-11-7-4-8-12-15)23(34-16)31-22-17(20(26)30-31)21(27)28-13-29-22/h3-13,16,18-19,23H,2H2,1H3,(H2,27,28,29)/t16-,18-,19?,23-/m1/s1. The van der Waals surface area contributed by atoms with Crippen molar-refractivity contribution in [3.63, 3.8) is 0 Å². The Morgan fingerprint density at radius 3 is 2.14 bits per heavy atom. The van der Waals surface area contributed by atoms with Crippen LogP contribution < -0.4 is 5.73 Å². The molecule has 4 atom stereocenters. The van der Waals surface area contributed by atoms with Crippen LogP contribution in [0, 0.1) is 3.70 Å². The summed E-state index contributed by atoms with van der Waals surface area (Å²) in [5.74, 6) is -0.854. The predicted molar refractivity (Wildman–Crippen MR) is 138 cm³/mol. The molecule has 0 bridgehead atoms. The van der Waals surface area contributed by atoms with Crippen molar-refractivity contribution in [1.82, 2.24) is 19.7 Å². The van der Waals surface area contributed by atoms with Crippen LogP contribution in [-0.2, 0) is 14.2 Å². The number of aromatic nitrogens is 4. The molecule has 1 fully saturated rings. The van der Waals surface area contributed by atoms with E-state index in [1.54, 1.807) is 54.6 Å². The third-order valence-electron chi connectivity index (χ3n) is 5.91. The molecule has 184 valence electrons. The van der Waals surface area contributed by atoms with Gasteiger partial charge >= 0.3 is 11.9 Å². The molecule has 0 spiro atoms. The largest absolute Gasteiger partial charge is 0.452 e.